The Balaban J connectivity index is 1.51. The lowest BCUT2D eigenvalue weighted by Gasteiger charge is -2.23. The van der Waals surface area contributed by atoms with Gasteiger partial charge in [0.25, 0.3) is 0 Å². The zero-order valence-electron chi connectivity index (χ0n) is 18.5. The van der Waals surface area contributed by atoms with Gasteiger partial charge in [0.1, 0.15) is 11.9 Å². The van der Waals surface area contributed by atoms with Crippen molar-refractivity contribution in [3.8, 4) is 22.8 Å². The van der Waals surface area contributed by atoms with Crippen LogP contribution in [0.25, 0.3) is 11.1 Å². The molecule has 5 heteroatoms. The van der Waals surface area contributed by atoms with Crippen molar-refractivity contribution >= 4 is 0 Å². The van der Waals surface area contributed by atoms with Crippen LogP contribution in [0.1, 0.15) is 64.0 Å². The van der Waals surface area contributed by atoms with Gasteiger partial charge in [-0.05, 0) is 69.7 Å². The van der Waals surface area contributed by atoms with Crippen molar-refractivity contribution in [1.29, 1.82) is 0 Å². The summed E-state index contributed by atoms with van der Waals surface area (Å²) in [6.45, 7) is 4.22. The number of hydrogen-bond donors (Lipinski definition) is 0. The number of unbranched alkanes of at least 4 members (excludes halogenated alkanes) is 1. The lowest BCUT2D eigenvalue weighted by molar-refractivity contribution is 0.155. The van der Waals surface area contributed by atoms with Crippen molar-refractivity contribution in [2.75, 3.05) is 20.1 Å². The van der Waals surface area contributed by atoms with Gasteiger partial charge in [-0.15, -0.1) is 5.10 Å². The van der Waals surface area contributed by atoms with Gasteiger partial charge in [0.15, 0.2) is 0 Å². The van der Waals surface area contributed by atoms with Crippen LogP contribution in [-0.4, -0.2) is 47.4 Å². The number of nitrogens with zero attached hydrogens (tertiary/aromatic N) is 3. The molecular formula is C25H35N3O2. The Morgan fingerprint density at radius 3 is 2.47 bits per heavy atom. The number of hydrogen-bond acceptors (Lipinski definition) is 5. The first-order chi connectivity index (χ1) is 14.7. The Morgan fingerprint density at radius 1 is 0.967 bits per heavy atom. The fraction of sp³-hybridized carbons (Fsp3) is 0.600. The third-order valence-corrected chi connectivity index (χ3v) is 6.27. The van der Waals surface area contributed by atoms with Gasteiger partial charge in [-0.3, -0.25) is 0 Å². The average molecular weight is 410 g/mol. The van der Waals surface area contributed by atoms with Crippen molar-refractivity contribution in [2.24, 2.45) is 0 Å². The van der Waals surface area contributed by atoms with E-state index in [-0.39, 0.29) is 6.10 Å². The zero-order chi connectivity index (χ0) is 20.8. The van der Waals surface area contributed by atoms with Crippen molar-refractivity contribution < 1.29 is 9.47 Å². The van der Waals surface area contributed by atoms with Crippen LogP contribution in [0, 0.1) is 0 Å². The molecule has 2 heterocycles. The van der Waals surface area contributed by atoms with Crippen LogP contribution >= 0.6 is 0 Å². The molecule has 1 aliphatic carbocycles. The fourth-order valence-corrected chi connectivity index (χ4v) is 4.49. The van der Waals surface area contributed by atoms with Gasteiger partial charge < -0.3 is 14.4 Å². The van der Waals surface area contributed by atoms with E-state index in [2.05, 4.69) is 59.4 Å². The summed E-state index contributed by atoms with van der Waals surface area (Å²) in [5.41, 5.74) is 3.33. The highest BCUT2D eigenvalue weighted by atomic mass is 16.5. The highest BCUT2D eigenvalue weighted by Gasteiger charge is 2.22. The second-order valence-corrected chi connectivity index (χ2v) is 8.84. The van der Waals surface area contributed by atoms with Crippen LogP contribution in [-0.2, 0) is 6.42 Å². The average Bonchev–Trinajstić information content (AvgIpc) is 3.18. The molecule has 0 N–H and O–H groups in total. The zero-order valence-corrected chi connectivity index (χ0v) is 18.5. The molecule has 1 aromatic carbocycles. The minimum atomic E-state index is 0.199. The van der Waals surface area contributed by atoms with Crippen LogP contribution in [0.5, 0.6) is 11.6 Å². The van der Waals surface area contributed by atoms with Crippen molar-refractivity contribution in [2.45, 2.75) is 76.9 Å². The number of benzene rings is 1. The van der Waals surface area contributed by atoms with E-state index in [9.17, 15) is 0 Å². The van der Waals surface area contributed by atoms with Gasteiger partial charge in [0.2, 0.25) is 5.88 Å². The molecular weight excluding hydrogens is 374 g/mol. The molecule has 1 aliphatic heterocycles. The van der Waals surface area contributed by atoms with Crippen LogP contribution < -0.4 is 9.47 Å². The molecule has 4 rings (SSSR count). The van der Waals surface area contributed by atoms with Crippen molar-refractivity contribution in [3.63, 3.8) is 0 Å². The third-order valence-electron chi connectivity index (χ3n) is 6.27. The Bertz CT molecular complexity index is 803. The fourth-order valence-electron chi connectivity index (χ4n) is 4.49. The lowest BCUT2D eigenvalue weighted by atomic mass is 9.97. The predicted molar refractivity (Wildman–Crippen MR) is 120 cm³/mol. The quantitative estimate of drug-likeness (QED) is 0.593. The molecule has 0 bridgehead atoms. The molecule has 0 unspecified atom stereocenters. The first kappa shape index (κ1) is 21.1. The maximum absolute atomic E-state index is 6.21. The van der Waals surface area contributed by atoms with Crippen LogP contribution in [0.15, 0.2) is 30.3 Å². The number of likely N-dealkylation sites (tertiary alicyclic amines) is 1. The maximum Gasteiger partial charge on any atom is 0.234 e. The van der Waals surface area contributed by atoms with Gasteiger partial charge >= 0.3 is 0 Å². The molecule has 1 atom stereocenters. The Kier molecular flexibility index (Phi) is 7.21. The first-order valence-electron chi connectivity index (χ1n) is 11.7. The maximum atomic E-state index is 6.21. The van der Waals surface area contributed by atoms with Gasteiger partial charge in [0, 0.05) is 24.7 Å². The topological polar surface area (TPSA) is 47.5 Å². The van der Waals surface area contributed by atoms with Gasteiger partial charge in [-0.25, -0.2) is 0 Å². The summed E-state index contributed by atoms with van der Waals surface area (Å²) < 4.78 is 12.4. The molecule has 30 heavy (non-hydrogen) atoms. The number of rotatable bonds is 8. The van der Waals surface area contributed by atoms with E-state index in [1.807, 2.05) is 0 Å². The summed E-state index contributed by atoms with van der Waals surface area (Å²) in [5, 5.41) is 8.94. The van der Waals surface area contributed by atoms with E-state index in [4.69, 9.17) is 9.47 Å². The SMILES string of the molecule is CCCCc1nnc(O[C@@H]2CCN(C)C2)cc1-c1ccc(OC2CCCCC2)cc1. The summed E-state index contributed by atoms with van der Waals surface area (Å²) in [6.07, 6.45) is 11.1. The Labute approximate surface area is 180 Å². The van der Waals surface area contributed by atoms with E-state index in [0.29, 0.717) is 12.0 Å². The molecule has 2 aromatic rings. The minimum Gasteiger partial charge on any atom is -0.490 e. The van der Waals surface area contributed by atoms with E-state index in [1.165, 1.54) is 32.1 Å². The van der Waals surface area contributed by atoms with E-state index < -0.39 is 0 Å². The van der Waals surface area contributed by atoms with E-state index in [1.54, 1.807) is 0 Å². The summed E-state index contributed by atoms with van der Waals surface area (Å²) in [5.74, 6) is 1.60. The lowest BCUT2D eigenvalue weighted by Crippen LogP contribution is -2.22. The largest absolute Gasteiger partial charge is 0.490 e. The molecule has 1 saturated heterocycles. The van der Waals surface area contributed by atoms with E-state index >= 15 is 0 Å². The third kappa shape index (κ3) is 5.51. The molecule has 0 amide bonds. The summed E-state index contributed by atoms with van der Waals surface area (Å²) >= 11 is 0. The second-order valence-electron chi connectivity index (χ2n) is 8.84. The van der Waals surface area contributed by atoms with E-state index in [0.717, 1.165) is 61.3 Å². The second kappa shape index (κ2) is 10.3. The Hall–Kier alpha value is -2.14. The molecule has 0 radical (unpaired) electrons. The number of aryl methyl sites for hydroxylation is 1. The van der Waals surface area contributed by atoms with Gasteiger partial charge in [-0.2, -0.15) is 5.10 Å². The van der Waals surface area contributed by atoms with Gasteiger partial charge in [-0.1, -0.05) is 31.9 Å². The molecule has 0 spiro atoms. The predicted octanol–water partition coefficient (Wildman–Crippen LogP) is 5.28. The number of likely N-dealkylation sites (N-methyl/N-ethyl adjacent to an activating group) is 1. The number of aromatic nitrogens is 2. The summed E-state index contributed by atoms with van der Waals surface area (Å²) in [6, 6.07) is 10.6. The first-order valence-corrected chi connectivity index (χ1v) is 11.7. The molecule has 1 aromatic heterocycles. The molecule has 2 aliphatic rings. The van der Waals surface area contributed by atoms with Crippen LogP contribution in [0.3, 0.4) is 0 Å². The smallest absolute Gasteiger partial charge is 0.234 e. The molecule has 2 fully saturated rings. The standard InChI is InChI=1S/C25H35N3O2/c1-3-4-10-24-23(17-25(27-26-24)30-22-15-16-28(2)18-22)19-11-13-21(14-12-19)29-20-8-6-5-7-9-20/h11-14,17,20,22H,3-10,15-16,18H2,1-2H3/t22-/m1/s1. The normalized spacial score (nSPS) is 20.4. The minimum absolute atomic E-state index is 0.199. The summed E-state index contributed by atoms with van der Waals surface area (Å²) in [7, 11) is 2.13. The molecule has 162 valence electrons. The Morgan fingerprint density at radius 2 is 1.77 bits per heavy atom. The van der Waals surface area contributed by atoms with Crippen LogP contribution in [0.2, 0.25) is 0 Å². The summed E-state index contributed by atoms with van der Waals surface area (Å²) in [4.78, 5) is 2.29. The van der Waals surface area contributed by atoms with Crippen molar-refractivity contribution in [1.82, 2.24) is 15.1 Å². The highest BCUT2D eigenvalue weighted by molar-refractivity contribution is 5.67. The van der Waals surface area contributed by atoms with Crippen LogP contribution in [0.4, 0.5) is 0 Å². The monoisotopic (exact) mass is 409 g/mol. The van der Waals surface area contributed by atoms with Crippen molar-refractivity contribution in [3.05, 3.63) is 36.0 Å². The molecule has 5 nitrogen and oxygen atoms in total. The molecule has 1 saturated carbocycles. The number of ether oxygens (including phenoxy) is 2. The van der Waals surface area contributed by atoms with Gasteiger partial charge in [0.05, 0.1) is 11.8 Å². The highest BCUT2D eigenvalue weighted by Crippen LogP contribution is 2.30.